The zero-order valence-corrected chi connectivity index (χ0v) is 18.4. The molecular weight excluding hydrogens is 456 g/mol. The molecule has 4 aromatic rings. The van der Waals surface area contributed by atoms with Gasteiger partial charge in [-0.15, -0.1) is 11.3 Å². The molecule has 1 amide bonds. The molecule has 2 heterocycles. The second kappa shape index (κ2) is 7.66. The summed E-state index contributed by atoms with van der Waals surface area (Å²) in [5.74, 6) is -0.209. The maximum absolute atomic E-state index is 13.2. The van der Waals surface area contributed by atoms with Crippen molar-refractivity contribution in [2.75, 3.05) is 5.32 Å². The van der Waals surface area contributed by atoms with E-state index in [0.717, 1.165) is 37.1 Å². The van der Waals surface area contributed by atoms with E-state index in [-0.39, 0.29) is 5.91 Å². The van der Waals surface area contributed by atoms with Crippen molar-refractivity contribution in [1.82, 2.24) is 4.98 Å². The van der Waals surface area contributed by atoms with Crippen LogP contribution in [0.2, 0.25) is 5.02 Å². The SMILES string of the molecule is Cc1cc(C)c2nc(-c3cccs3)cc(C(=O)Nc3ccc(Br)cc3Cl)c2c1. The summed E-state index contributed by atoms with van der Waals surface area (Å²) in [6, 6.07) is 15.3. The number of fused-ring (bicyclic) bond motifs is 1. The van der Waals surface area contributed by atoms with Crippen LogP contribution < -0.4 is 5.32 Å². The highest BCUT2D eigenvalue weighted by Gasteiger charge is 2.17. The first kappa shape index (κ1) is 19.1. The van der Waals surface area contributed by atoms with Crippen molar-refractivity contribution in [2.24, 2.45) is 0 Å². The minimum absolute atomic E-state index is 0.209. The fourth-order valence-corrected chi connectivity index (χ4v) is 4.61. The molecule has 0 aliphatic rings. The van der Waals surface area contributed by atoms with Gasteiger partial charge in [0.2, 0.25) is 0 Å². The Morgan fingerprint density at radius 3 is 2.68 bits per heavy atom. The summed E-state index contributed by atoms with van der Waals surface area (Å²) in [5, 5.41) is 6.26. The zero-order chi connectivity index (χ0) is 19.8. The van der Waals surface area contributed by atoms with Gasteiger partial charge in [0.15, 0.2) is 0 Å². The summed E-state index contributed by atoms with van der Waals surface area (Å²) in [5.41, 5.74) is 4.92. The number of halogens is 2. The largest absolute Gasteiger partial charge is 0.321 e. The monoisotopic (exact) mass is 470 g/mol. The molecular formula is C22H16BrClN2OS. The first-order valence-corrected chi connectivity index (χ1v) is 10.7. The fourth-order valence-electron chi connectivity index (χ4n) is 3.20. The van der Waals surface area contributed by atoms with Gasteiger partial charge in [-0.05, 0) is 61.2 Å². The molecule has 140 valence electrons. The molecule has 0 aliphatic carbocycles. The van der Waals surface area contributed by atoms with Crippen LogP contribution >= 0.6 is 38.9 Å². The summed E-state index contributed by atoms with van der Waals surface area (Å²) in [7, 11) is 0. The predicted octanol–water partition coefficient (Wildman–Crippen LogP) is 7.25. The first-order valence-electron chi connectivity index (χ1n) is 8.64. The van der Waals surface area contributed by atoms with Gasteiger partial charge >= 0.3 is 0 Å². The molecule has 6 heteroatoms. The summed E-state index contributed by atoms with van der Waals surface area (Å²) >= 11 is 11.3. The molecule has 0 fully saturated rings. The number of hydrogen-bond acceptors (Lipinski definition) is 3. The van der Waals surface area contributed by atoms with E-state index >= 15 is 0 Å². The van der Waals surface area contributed by atoms with Gasteiger partial charge in [-0.2, -0.15) is 0 Å². The first-order chi connectivity index (χ1) is 13.4. The number of hydrogen-bond donors (Lipinski definition) is 1. The number of anilines is 1. The Kier molecular flexibility index (Phi) is 5.23. The summed E-state index contributed by atoms with van der Waals surface area (Å²) in [6.45, 7) is 4.04. The van der Waals surface area contributed by atoms with E-state index in [1.165, 1.54) is 0 Å². The number of nitrogens with zero attached hydrogens (tertiary/aromatic N) is 1. The number of benzene rings is 2. The van der Waals surface area contributed by atoms with Crippen molar-refractivity contribution in [3.05, 3.63) is 80.1 Å². The molecule has 0 spiro atoms. The molecule has 0 radical (unpaired) electrons. The Morgan fingerprint density at radius 1 is 1.14 bits per heavy atom. The number of nitrogens with one attached hydrogen (secondary N) is 1. The molecule has 2 aromatic carbocycles. The van der Waals surface area contributed by atoms with E-state index in [9.17, 15) is 4.79 Å². The molecule has 0 aliphatic heterocycles. The summed E-state index contributed by atoms with van der Waals surface area (Å²) < 4.78 is 0.857. The van der Waals surface area contributed by atoms with Crippen molar-refractivity contribution in [3.8, 4) is 10.6 Å². The van der Waals surface area contributed by atoms with Crippen LogP contribution in [0, 0.1) is 13.8 Å². The fraction of sp³-hybridized carbons (Fsp3) is 0.0909. The number of aryl methyl sites for hydroxylation is 2. The van der Waals surface area contributed by atoms with Crippen LogP contribution in [-0.4, -0.2) is 10.9 Å². The third-order valence-corrected chi connectivity index (χ3v) is 6.14. The minimum atomic E-state index is -0.209. The van der Waals surface area contributed by atoms with E-state index in [1.807, 2.05) is 49.6 Å². The van der Waals surface area contributed by atoms with Crippen molar-refractivity contribution < 1.29 is 4.79 Å². The Bertz CT molecular complexity index is 1210. The lowest BCUT2D eigenvalue weighted by Crippen LogP contribution is -2.13. The van der Waals surface area contributed by atoms with Crippen LogP contribution in [0.15, 0.2) is 58.4 Å². The number of amides is 1. The molecule has 4 rings (SSSR count). The zero-order valence-electron chi connectivity index (χ0n) is 15.2. The standard InChI is InChI=1S/C22H16BrClN2OS/c1-12-8-13(2)21-15(9-12)16(11-19(25-21)20-4-3-7-28-20)22(27)26-18-6-5-14(23)10-17(18)24/h3-11H,1-2H3,(H,26,27). The van der Waals surface area contributed by atoms with E-state index in [1.54, 1.807) is 23.5 Å². The quantitative estimate of drug-likeness (QED) is 0.342. The number of thiophene rings is 1. The Hall–Kier alpha value is -2.21. The predicted molar refractivity (Wildman–Crippen MR) is 122 cm³/mol. The molecule has 2 aromatic heterocycles. The third-order valence-electron chi connectivity index (χ3n) is 4.45. The molecule has 0 unspecified atom stereocenters. The van der Waals surface area contributed by atoms with Crippen LogP contribution in [0.5, 0.6) is 0 Å². The number of aromatic nitrogens is 1. The van der Waals surface area contributed by atoms with Gasteiger partial charge in [0.05, 0.1) is 32.4 Å². The normalized spacial score (nSPS) is 11.0. The van der Waals surface area contributed by atoms with Crippen molar-refractivity contribution in [1.29, 1.82) is 0 Å². The molecule has 0 saturated heterocycles. The second-order valence-corrected chi connectivity index (χ2v) is 8.86. The Labute approximate surface area is 180 Å². The maximum Gasteiger partial charge on any atom is 0.256 e. The van der Waals surface area contributed by atoms with Gasteiger partial charge in [0.1, 0.15) is 0 Å². The number of pyridine rings is 1. The van der Waals surface area contributed by atoms with Crippen molar-refractivity contribution in [3.63, 3.8) is 0 Å². The van der Waals surface area contributed by atoms with Gasteiger partial charge in [-0.3, -0.25) is 4.79 Å². The lowest BCUT2D eigenvalue weighted by atomic mass is 10.0. The lowest BCUT2D eigenvalue weighted by Gasteiger charge is -2.13. The van der Waals surface area contributed by atoms with Gasteiger partial charge in [0, 0.05) is 9.86 Å². The highest BCUT2D eigenvalue weighted by molar-refractivity contribution is 9.10. The molecule has 0 saturated carbocycles. The molecule has 0 bridgehead atoms. The van der Waals surface area contributed by atoms with Crippen molar-refractivity contribution in [2.45, 2.75) is 13.8 Å². The second-order valence-electron chi connectivity index (χ2n) is 6.59. The lowest BCUT2D eigenvalue weighted by molar-refractivity contribution is 0.102. The number of carbonyl (C=O) groups is 1. The highest BCUT2D eigenvalue weighted by Crippen LogP contribution is 2.31. The van der Waals surface area contributed by atoms with Crippen LogP contribution in [-0.2, 0) is 0 Å². The molecule has 28 heavy (non-hydrogen) atoms. The van der Waals surface area contributed by atoms with Gasteiger partial charge in [-0.25, -0.2) is 4.98 Å². The average molecular weight is 472 g/mol. The van der Waals surface area contributed by atoms with Gasteiger partial charge < -0.3 is 5.32 Å². The van der Waals surface area contributed by atoms with E-state index in [0.29, 0.717) is 16.3 Å². The van der Waals surface area contributed by atoms with E-state index in [4.69, 9.17) is 16.6 Å². The van der Waals surface area contributed by atoms with E-state index < -0.39 is 0 Å². The van der Waals surface area contributed by atoms with Crippen molar-refractivity contribution >= 4 is 61.4 Å². The molecule has 0 atom stereocenters. The Morgan fingerprint density at radius 2 is 1.96 bits per heavy atom. The summed E-state index contributed by atoms with van der Waals surface area (Å²) in [4.78, 5) is 19.1. The molecule has 3 nitrogen and oxygen atoms in total. The third kappa shape index (κ3) is 3.70. The smallest absolute Gasteiger partial charge is 0.256 e. The number of carbonyl (C=O) groups excluding carboxylic acids is 1. The topological polar surface area (TPSA) is 42.0 Å². The molecule has 1 N–H and O–H groups in total. The van der Waals surface area contributed by atoms with Crippen LogP contribution in [0.1, 0.15) is 21.5 Å². The maximum atomic E-state index is 13.2. The minimum Gasteiger partial charge on any atom is -0.321 e. The highest BCUT2D eigenvalue weighted by atomic mass is 79.9. The Balaban J connectivity index is 1.87. The van der Waals surface area contributed by atoms with Gasteiger partial charge in [-0.1, -0.05) is 45.2 Å². The number of rotatable bonds is 3. The van der Waals surface area contributed by atoms with Crippen LogP contribution in [0.25, 0.3) is 21.5 Å². The summed E-state index contributed by atoms with van der Waals surface area (Å²) in [6.07, 6.45) is 0. The van der Waals surface area contributed by atoms with E-state index in [2.05, 4.69) is 27.3 Å². The van der Waals surface area contributed by atoms with Crippen LogP contribution in [0.3, 0.4) is 0 Å². The average Bonchev–Trinajstić information content (AvgIpc) is 3.18. The van der Waals surface area contributed by atoms with Gasteiger partial charge in [0.25, 0.3) is 5.91 Å². The van der Waals surface area contributed by atoms with Crippen LogP contribution in [0.4, 0.5) is 5.69 Å².